The lowest BCUT2D eigenvalue weighted by Gasteiger charge is -2.06. The van der Waals surface area contributed by atoms with Gasteiger partial charge in [0.2, 0.25) is 0 Å². The zero-order valence-corrected chi connectivity index (χ0v) is 12.6. The van der Waals surface area contributed by atoms with Gasteiger partial charge in [-0.2, -0.15) is 0 Å². The summed E-state index contributed by atoms with van der Waals surface area (Å²) in [5.74, 6) is 0. The van der Waals surface area contributed by atoms with E-state index in [1.165, 1.54) is 0 Å². The summed E-state index contributed by atoms with van der Waals surface area (Å²) >= 11 is 0. The van der Waals surface area contributed by atoms with E-state index in [0.29, 0.717) is 12.2 Å². The van der Waals surface area contributed by atoms with Gasteiger partial charge in [-0.15, -0.1) is 5.10 Å². The van der Waals surface area contributed by atoms with Gasteiger partial charge in [0.1, 0.15) is 5.69 Å². The molecule has 2 amide bonds. The van der Waals surface area contributed by atoms with Gasteiger partial charge >= 0.3 is 6.03 Å². The van der Waals surface area contributed by atoms with Crippen LogP contribution in [0.5, 0.6) is 0 Å². The van der Waals surface area contributed by atoms with E-state index >= 15 is 0 Å². The van der Waals surface area contributed by atoms with Crippen molar-refractivity contribution in [1.29, 1.82) is 0 Å². The molecule has 0 aliphatic heterocycles. The highest BCUT2D eigenvalue weighted by Gasteiger charge is 2.05. The van der Waals surface area contributed by atoms with E-state index < -0.39 is 0 Å². The van der Waals surface area contributed by atoms with Gasteiger partial charge < -0.3 is 10.6 Å². The molecule has 0 bridgehead atoms. The zero-order chi connectivity index (χ0) is 16.1. The Labute approximate surface area is 133 Å². The summed E-state index contributed by atoms with van der Waals surface area (Å²) in [6.07, 6.45) is 5.13. The fourth-order valence-electron chi connectivity index (χ4n) is 1.99. The maximum Gasteiger partial charge on any atom is 0.319 e. The minimum absolute atomic E-state index is 0.285. The molecule has 2 aromatic heterocycles. The SMILES string of the molecule is Cc1ccc(NC(=O)NCc2cn(-c3ccncc3)nn2)cc1. The first-order valence-electron chi connectivity index (χ1n) is 7.14. The summed E-state index contributed by atoms with van der Waals surface area (Å²) in [7, 11) is 0. The number of aryl methyl sites for hydroxylation is 1. The summed E-state index contributed by atoms with van der Waals surface area (Å²) in [4.78, 5) is 15.8. The van der Waals surface area contributed by atoms with Crippen LogP contribution in [0.2, 0.25) is 0 Å². The number of nitrogens with one attached hydrogen (secondary N) is 2. The number of rotatable bonds is 4. The Balaban J connectivity index is 1.55. The van der Waals surface area contributed by atoms with Crippen LogP contribution in [0.3, 0.4) is 0 Å². The lowest BCUT2D eigenvalue weighted by molar-refractivity contribution is 0.251. The average molecular weight is 308 g/mol. The number of hydrogen-bond acceptors (Lipinski definition) is 4. The first-order valence-corrected chi connectivity index (χ1v) is 7.14. The Kier molecular flexibility index (Phi) is 4.28. The Morgan fingerprint density at radius 1 is 1.13 bits per heavy atom. The van der Waals surface area contributed by atoms with E-state index in [2.05, 4.69) is 25.9 Å². The molecule has 0 saturated carbocycles. The lowest BCUT2D eigenvalue weighted by atomic mass is 10.2. The van der Waals surface area contributed by atoms with Gasteiger partial charge in [-0.1, -0.05) is 22.9 Å². The molecule has 7 nitrogen and oxygen atoms in total. The highest BCUT2D eigenvalue weighted by molar-refractivity contribution is 5.89. The van der Waals surface area contributed by atoms with Crippen molar-refractivity contribution < 1.29 is 4.79 Å². The summed E-state index contributed by atoms with van der Waals surface area (Å²) in [5, 5.41) is 13.6. The van der Waals surface area contributed by atoms with Crippen molar-refractivity contribution in [3.8, 4) is 5.69 Å². The second-order valence-corrected chi connectivity index (χ2v) is 5.03. The largest absolute Gasteiger partial charge is 0.332 e. The summed E-state index contributed by atoms with van der Waals surface area (Å²) < 4.78 is 1.64. The summed E-state index contributed by atoms with van der Waals surface area (Å²) in [6.45, 7) is 2.29. The number of nitrogens with zero attached hydrogens (tertiary/aromatic N) is 4. The average Bonchev–Trinajstić information content (AvgIpc) is 3.05. The summed E-state index contributed by atoms with van der Waals surface area (Å²) in [5.41, 5.74) is 3.42. The number of benzene rings is 1. The molecule has 0 aliphatic rings. The van der Waals surface area contributed by atoms with Crippen LogP contribution in [0.25, 0.3) is 5.69 Å². The van der Waals surface area contributed by atoms with E-state index in [9.17, 15) is 4.79 Å². The first-order chi connectivity index (χ1) is 11.2. The Hall–Kier alpha value is -3.22. The first kappa shape index (κ1) is 14.7. The molecule has 23 heavy (non-hydrogen) atoms. The number of amides is 2. The standard InChI is InChI=1S/C16H16N6O/c1-12-2-4-13(5-3-12)19-16(23)18-10-14-11-22(21-20-14)15-6-8-17-9-7-15/h2-9,11H,10H2,1H3,(H2,18,19,23). The van der Waals surface area contributed by atoms with Gasteiger partial charge in [0.05, 0.1) is 18.4 Å². The van der Waals surface area contributed by atoms with Crippen molar-refractivity contribution in [2.75, 3.05) is 5.32 Å². The van der Waals surface area contributed by atoms with Crippen molar-refractivity contribution in [3.63, 3.8) is 0 Å². The number of carbonyl (C=O) groups is 1. The van der Waals surface area contributed by atoms with Gasteiger partial charge in [0.25, 0.3) is 0 Å². The van der Waals surface area contributed by atoms with Gasteiger partial charge in [-0.25, -0.2) is 9.48 Å². The zero-order valence-electron chi connectivity index (χ0n) is 12.6. The fourth-order valence-corrected chi connectivity index (χ4v) is 1.99. The number of pyridine rings is 1. The predicted octanol–water partition coefficient (Wildman–Crippen LogP) is 2.29. The summed E-state index contributed by atoms with van der Waals surface area (Å²) in [6, 6.07) is 11.0. The van der Waals surface area contributed by atoms with Crippen molar-refractivity contribution in [3.05, 3.63) is 66.2 Å². The Bertz CT molecular complexity index is 782. The van der Waals surface area contributed by atoms with E-state index in [-0.39, 0.29) is 6.03 Å². The highest BCUT2D eigenvalue weighted by atomic mass is 16.2. The maximum atomic E-state index is 11.9. The minimum atomic E-state index is -0.285. The number of carbonyl (C=O) groups excluding carboxylic acids is 1. The van der Waals surface area contributed by atoms with Crippen LogP contribution in [-0.4, -0.2) is 26.0 Å². The van der Waals surface area contributed by atoms with Crippen LogP contribution < -0.4 is 10.6 Å². The molecule has 1 aromatic carbocycles. The van der Waals surface area contributed by atoms with Crippen LogP contribution in [0.15, 0.2) is 55.0 Å². The third-order valence-corrected chi connectivity index (χ3v) is 3.21. The van der Waals surface area contributed by atoms with Gasteiger partial charge in [0, 0.05) is 18.1 Å². The monoisotopic (exact) mass is 308 g/mol. The van der Waals surface area contributed by atoms with E-state index in [1.54, 1.807) is 23.3 Å². The molecule has 2 heterocycles. The minimum Gasteiger partial charge on any atom is -0.332 e. The number of anilines is 1. The number of urea groups is 1. The lowest BCUT2D eigenvalue weighted by Crippen LogP contribution is -2.28. The molecule has 116 valence electrons. The van der Waals surface area contributed by atoms with Crippen molar-refractivity contribution >= 4 is 11.7 Å². The Morgan fingerprint density at radius 3 is 2.61 bits per heavy atom. The topological polar surface area (TPSA) is 84.7 Å². The molecule has 3 rings (SSSR count). The van der Waals surface area contributed by atoms with E-state index in [1.807, 2.05) is 43.3 Å². The maximum absolute atomic E-state index is 11.9. The van der Waals surface area contributed by atoms with Crippen molar-refractivity contribution in [1.82, 2.24) is 25.3 Å². The molecule has 0 radical (unpaired) electrons. The highest BCUT2D eigenvalue weighted by Crippen LogP contribution is 2.08. The second kappa shape index (κ2) is 6.69. The molecular weight excluding hydrogens is 292 g/mol. The van der Waals surface area contributed by atoms with Crippen LogP contribution >= 0.6 is 0 Å². The molecule has 0 spiro atoms. The van der Waals surface area contributed by atoms with Crippen LogP contribution in [0, 0.1) is 6.92 Å². The van der Waals surface area contributed by atoms with Crippen molar-refractivity contribution in [2.45, 2.75) is 13.5 Å². The second-order valence-electron chi connectivity index (χ2n) is 5.03. The third-order valence-electron chi connectivity index (χ3n) is 3.21. The molecule has 0 fully saturated rings. The third kappa shape index (κ3) is 3.91. The van der Waals surface area contributed by atoms with Crippen LogP contribution in [0.4, 0.5) is 10.5 Å². The molecule has 3 aromatic rings. The quantitative estimate of drug-likeness (QED) is 0.774. The smallest absolute Gasteiger partial charge is 0.319 e. The Morgan fingerprint density at radius 2 is 1.87 bits per heavy atom. The van der Waals surface area contributed by atoms with E-state index in [4.69, 9.17) is 0 Å². The number of aromatic nitrogens is 4. The van der Waals surface area contributed by atoms with Crippen LogP contribution in [-0.2, 0) is 6.54 Å². The predicted molar refractivity (Wildman–Crippen MR) is 86.2 cm³/mol. The van der Waals surface area contributed by atoms with E-state index in [0.717, 1.165) is 16.9 Å². The number of hydrogen-bond donors (Lipinski definition) is 2. The van der Waals surface area contributed by atoms with Gasteiger partial charge in [-0.3, -0.25) is 4.98 Å². The van der Waals surface area contributed by atoms with Crippen molar-refractivity contribution in [2.24, 2.45) is 0 Å². The molecule has 0 atom stereocenters. The molecular formula is C16H16N6O. The molecule has 0 aliphatic carbocycles. The molecule has 7 heteroatoms. The van der Waals surface area contributed by atoms with Gasteiger partial charge in [-0.05, 0) is 31.2 Å². The molecule has 0 unspecified atom stereocenters. The van der Waals surface area contributed by atoms with Crippen LogP contribution in [0.1, 0.15) is 11.3 Å². The molecule has 2 N–H and O–H groups in total. The molecule has 0 saturated heterocycles. The normalized spacial score (nSPS) is 10.3. The van der Waals surface area contributed by atoms with Gasteiger partial charge in [0.15, 0.2) is 0 Å². The fraction of sp³-hybridized carbons (Fsp3) is 0.125.